The lowest BCUT2D eigenvalue weighted by molar-refractivity contribution is 0.102. The predicted octanol–water partition coefficient (Wildman–Crippen LogP) is 2.70. The lowest BCUT2D eigenvalue weighted by Gasteiger charge is -2.40. The summed E-state index contributed by atoms with van der Waals surface area (Å²) < 4.78 is 2.07. The monoisotopic (exact) mass is 370 g/mol. The van der Waals surface area contributed by atoms with Crippen LogP contribution in [0.3, 0.4) is 0 Å². The number of hydrogen-bond acceptors (Lipinski definition) is 3. The largest absolute Gasteiger partial charge is 0.357 e. The van der Waals surface area contributed by atoms with Gasteiger partial charge in [0.25, 0.3) is 0 Å². The summed E-state index contributed by atoms with van der Waals surface area (Å²) >= 11 is 0. The van der Waals surface area contributed by atoms with Gasteiger partial charge in [0.15, 0.2) is 5.96 Å². The van der Waals surface area contributed by atoms with Gasteiger partial charge in [-0.15, -0.1) is 0 Å². The van der Waals surface area contributed by atoms with Gasteiger partial charge in [0, 0.05) is 37.4 Å². The first-order valence-electron chi connectivity index (χ1n) is 10.3. The maximum atomic E-state index is 4.86. The lowest BCUT2D eigenvalue weighted by Crippen LogP contribution is -2.49. The maximum Gasteiger partial charge on any atom is 0.191 e. The van der Waals surface area contributed by atoms with Crippen LogP contribution in [-0.4, -0.2) is 58.5 Å². The molecule has 27 heavy (non-hydrogen) atoms. The van der Waals surface area contributed by atoms with Crippen LogP contribution in [0.5, 0.6) is 0 Å². The highest BCUT2D eigenvalue weighted by molar-refractivity contribution is 5.79. The molecule has 2 N–H and O–H groups in total. The molecular weight excluding hydrogens is 336 g/mol. The minimum atomic E-state index is 0.102. The SMILES string of the molecule is CCNC(=NCC(C)(C)N1CCCCC1)NCCc1cn2ccccc2n1. The van der Waals surface area contributed by atoms with E-state index >= 15 is 0 Å². The van der Waals surface area contributed by atoms with Gasteiger partial charge in [-0.3, -0.25) is 9.89 Å². The van der Waals surface area contributed by atoms with Gasteiger partial charge >= 0.3 is 0 Å². The number of hydrogen-bond donors (Lipinski definition) is 2. The summed E-state index contributed by atoms with van der Waals surface area (Å²) in [5.74, 6) is 0.895. The van der Waals surface area contributed by atoms with E-state index in [1.807, 2.05) is 24.4 Å². The molecule has 0 atom stereocenters. The van der Waals surface area contributed by atoms with E-state index in [-0.39, 0.29) is 5.54 Å². The zero-order chi connectivity index (χ0) is 19.1. The molecule has 1 aliphatic heterocycles. The Balaban J connectivity index is 1.53. The molecule has 0 radical (unpaired) electrons. The third-order valence-corrected chi connectivity index (χ3v) is 5.27. The van der Waals surface area contributed by atoms with Crippen molar-refractivity contribution >= 4 is 11.6 Å². The van der Waals surface area contributed by atoms with E-state index in [0.717, 1.165) is 43.4 Å². The molecule has 148 valence electrons. The Bertz CT molecular complexity index is 709. The molecule has 2 aromatic heterocycles. The number of aliphatic imine (C=N–C) groups is 1. The van der Waals surface area contributed by atoms with E-state index < -0.39 is 0 Å². The summed E-state index contributed by atoms with van der Waals surface area (Å²) in [6.45, 7) is 11.6. The number of piperidine rings is 1. The number of nitrogens with zero attached hydrogens (tertiary/aromatic N) is 4. The molecule has 0 aliphatic carbocycles. The second-order valence-electron chi connectivity index (χ2n) is 7.93. The normalized spacial score (nSPS) is 16.6. The first-order valence-corrected chi connectivity index (χ1v) is 10.3. The van der Waals surface area contributed by atoms with Crippen molar-refractivity contribution in [3.63, 3.8) is 0 Å². The van der Waals surface area contributed by atoms with Gasteiger partial charge in [-0.05, 0) is 58.8 Å². The number of fused-ring (bicyclic) bond motifs is 1. The van der Waals surface area contributed by atoms with Crippen LogP contribution in [-0.2, 0) is 6.42 Å². The highest BCUT2D eigenvalue weighted by Crippen LogP contribution is 2.20. The Morgan fingerprint density at radius 1 is 1.19 bits per heavy atom. The fourth-order valence-electron chi connectivity index (χ4n) is 3.63. The third kappa shape index (κ3) is 5.45. The molecule has 1 aliphatic rings. The molecule has 3 heterocycles. The van der Waals surface area contributed by atoms with Crippen LogP contribution in [0.25, 0.3) is 5.65 Å². The smallest absolute Gasteiger partial charge is 0.191 e. The van der Waals surface area contributed by atoms with Crippen LogP contribution in [0.2, 0.25) is 0 Å². The van der Waals surface area contributed by atoms with Gasteiger partial charge in [0.1, 0.15) is 5.65 Å². The van der Waals surface area contributed by atoms with Gasteiger partial charge in [-0.2, -0.15) is 0 Å². The lowest BCUT2D eigenvalue weighted by atomic mass is 9.99. The van der Waals surface area contributed by atoms with Crippen LogP contribution in [0.4, 0.5) is 0 Å². The number of rotatable bonds is 7. The molecule has 1 saturated heterocycles. The van der Waals surface area contributed by atoms with Crippen molar-refractivity contribution in [1.82, 2.24) is 24.9 Å². The Kier molecular flexibility index (Phi) is 6.72. The predicted molar refractivity (Wildman–Crippen MR) is 112 cm³/mol. The zero-order valence-corrected chi connectivity index (χ0v) is 17.0. The molecule has 6 nitrogen and oxygen atoms in total. The third-order valence-electron chi connectivity index (χ3n) is 5.27. The fraction of sp³-hybridized carbons (Fsp3) is 0.619. The summed E-state index contributed by atoms with van der Waals surface area (Å²) in [7, 11) is 0. The summed E-state index contributed by atoms with van der Waals surface area (Å²) in [6, 6.07) is 6.08. The van der Waals surface area contributed by atoms with Gasteiger partial charge in [0.2, 0.25) is 0 Å². The van der Waals surface area contributed by atoms with Crippen molar-refractivity contribution in [3.05, 3.63) is 36.3 Å². The first kappa shape index (κ1) is 19.7. The van der Waals surface area contributed by atoms with Gasteiger partial charge in [-0.1, -0.05) is 12.5 Å². The quantitative estimate of drug-likeness (QED) is 0.581. The molecule has 0 saturated carbocycles. The van der Waals surface area contributed by atoms with Gasteiger partial charge in [0.05, 0.1) is 12.2 Å². The molecule has 6 heteroatoms. The first-order chi connectivity index (χ1) is 13.1. The fourth-order valence-corrected chi connectivity index (χ4v) is 3.63. The number of pyridine rings is 1. The molecule has 3 rings (SSSR count). The molecule has 0 amide bonds. The minimum absolute atomic E-state index is 0.102. The van der Waals surface area contributed by atoms with Gasteiger partial charge < -0.3 is 15.0 Å². The molecule has 2 aromatic rings. The maximum absolute atomic E-state index is 4.86. The summed E-state index contributed by atoms with van der Waals surface area (Å²) in [5.41, 5.74) is 2.19. The van der Waals surface area contributed by atoms with Crippen molar-refractivity contribution < 1.29 is 0 Å². The number of imidazole rings is 1. The van der Waals surface area contributed by atoms with Crippen LogP contribution >= 0.6 is 0 Å². The molecule has 0 spiro atoms. The Morgan fingerprint density at radius 2 is 2.00 bits per heavy atom. The van der Waals surface area contributed by atoms with E-state index in [0.29, 0.717) is 0 Å². The molecule has 0 aromatic carbocycles. The average Bonchev–Trinajstić information content (AvgIpc) is 3.09. The van der Waals surface area contributed by atoms with Crippen molar-refractivity contribution in [2.75, 3.05) is 32.7 Å². The van der Waals surface area contributed by atoms with Crippen molar-refractivity contribution in [3.8, 4) is 0 Å². The van der Waals surface area contributed by atoms with E-state index in [1.54, 1.807) is 0 Å². The number of aromatic nitrogens is 2. The standard InChI is InChI=1S/C21H34N6/c1-4-22-20(24-17-21(2,3)27-14-7-5-8-15-27)23-12-11-18-16-26-13-9-6-10-19(26)25-18/h6,9-10,13,16H,4-5,7-8,11-12,14-15,17H2,1-3H3,(H2,22,23,24). The number of nitrogens with one attached hydrogen (secondary N) is 2. The molecule has 1 fully saturated rings. The second-order valence-corrected chi connectivity index (χ2v) is 7.93. The minimum Gasteiger partial charge on any atom is -0.357 e. The Hall–Kier alpha value is -2.08. The van der Waals surface area contributed by atoms with Crippen molar-refractivity contribution in [2.45, 2.75) is 52.0 Å². The molecule has 0 bridgehead atoms. The van der Waals surface area contributed by atoms with Crippen LogP contribution in [0.15, 0.2) is 35.6 Å². The van der Waals surface area contributed by atoms with Crippen molar-refractivity contribution in [1.29, 1.82) is 0 Å². The molecule has 0 unspecified atom stereocenters. The number of likely N-dealkylation sites (tertiary alicyclic amines) is 1. The Morgan fingerprint density at radius 3 is 2.74 bits per heavy atom. The van der Waals surface area contributed by atoms with Crippen LogP contribution in [0, 0.1) is 0 Å². The second kappa shape index (κ2) is 9.22. The topological polar surface area (TPSA) is 57.0 Å². The molecular formula is C21H34N6. The van der Waals surface area contributed by atoms with E-state index in [9.17, 15) is 0 Å². The van der Waals surface area contributed by atoms with Gasteiger partial charge in [-0.25, -0.2) is 4.98 Å². The van der Waals surface area contributed by atoms with E-state index in [4.69, 9.17) is 4.99 Å². The van der Waals surface area contributed by atoms with Crippen LogP contribution in [0.1, 0.15) is 45.7 Å². The summed E-state index contributed by atoms with van der Waals surface area (Å²) in [4.78, 5) is 12.1. The highest BCUT2D eigenvalue weighted by atomic mass is 15.2. The summed E-state index contributed by atoms with van der Waals surface area (Å²) in [6.07, 6.45) is 8.99. The van der Waals surface area contributed by atoms with E-state index in [1.165, 1.54) is 32.4 Å². The van der Waals surface area contributed by atoms with Crippen LogP contribution < -0.4 is 10.6 Å². The Labute approximate surface area is 163 Å². The van der Waals surface area contributed by atoms with Crippen molar-refractivity contribution in [2.24, 2.45) is 4.99 Å². The summed E-state index contributed by atoms with van der Waals surface area (Å²) in [5, 5.41) is 6.83. The van der Waals surface area contributed by atoms with E-state index in [2.05, 4.69) is 51.9 Å². The number of guanidine groups is 1. The zero-order valence-electron chi connectivity index (χ0n) is 17.0. The average molecular weight is 371 g/mol. The highest BCUT2D eigenvalue weighted by Gasteiger charge is 2.27.